The van der Waals surface area contributed by atoms with Crippen LogP contribution in [0.15, 0.2) is 18.2 Å². The molecule has 0 unspecified atom stereocenters. The van der Waals surface area contributed by atoms with Gasteiger partial charge >= 0.3 is 0 Å². The van der Waals surface area contributed by atoms with Crippen LogP contribution in [0.4, 0.5) is 8.78 Å². The molecule has 0 saturated heterocycles. The van der Waals surface area contributed by atoms with Gasteiger partial charge in [-0.2, -0.15) is 0 Å². The van der Waals surface area contributed by atoms with Gasteiger partial charge in [0, 0.05) is 18.0 Å². The average Bonchev–Trinajstić information content (AvgIpc) is 2.29. The second-order valence-electron chi connectivity index (χ2n) is 4.87. The molecule has 1 saturated carbocycles. The number of hydrogen-bond acceptors (Lipinski definition) is 2. The third kappa shape index (κ3) is 2.48. The van der Waals surface area contributed by atoms with Crippen molar-refractivity contribution in [3.05, 3.63) is 35.4 Å². The number of rotatable bonds is 2. The lowest BCUT2D eigenvalue weighted by atomic mass is 9.69. The second-order valence-corrected chi connectivity index (χ2v) is 4.87. The first-order valence-electron chi connectivity index (χ1n) is 5.90. The van der Waals surface area contributed by atoms with Gasteiger partial charge in [0.1, 0.15) is 11.6 Å². The molecule has 0 atom stereocenters. The van der Waals surface area contributed by atoms with Crippen molar-refractivity contribution in [2.75, 3.05) is 6.54 Å². The van der Waals surface area contributed by atoms with Gasteiger partial charge in [0.15, 0.2) is 0 Å². The van der Waals surface area contributed by atoms with Crippen LogP contribution in [0.25, 0.3) is 0 Å². The van der Waals surface area contributed by atoms with Gasteiger partial charge < -0.3 is 10.8 Å². The summed E-state index contributed by atoms with van der Waals surface area (Å²) in [7, 11) is 0. The van der Waals surface area contributed by atoms with Gasteiger partial charge in [0.05, 0.1) is 6.10 Å². The zero-order chi connectivity index (χ0) is 12.5. The van der Waals surface area contributed by atoms with Crippen LogP contribution in [0.3, 0.4) is 0 Å². The van der Waals surface area contributed by atoms with Crippen molar-refractivity contribution in [1.29, 1.82) is 0 Å². The summed E-state index contributed by atoms with van der Waals surface area (Å²) in [5, 5.41) is 9.50. The summed E-state index contributed by atoms with van der Waals surface area (Å²) in [6.45, 7) is 0.350. The predicted molar refractivity (Wildman–Crippen MR) is 61.6 cm³/mol. The predicted octanol–water partition coefficient (Wildman–Crippen LogP) is 2.10. The monoisotopic (exact) mass is 241 g/mol. The minimum Gasteiger partial charge on any atom is -0.393 e. The Morgan fingerprint density at radius 1 is 1.18 bits per heavy atom. The van der Waals surface area contributed by atoms with Crippen LogP contribution in [-0.4, -0.2) is 17.8 Å². The highest BCUT2D eigenvalue weighted by Gasteiger charge is 2.35. The lowest BCUT2D eigenvalue weighted by Gasteiger charge is -2.38. The SMILES string of the molecule is NCC1(c2cc(F)cc(F)c2)CCC(O)CC1. The molecular weight excluding hydrogens is 224 g/mol. The summed E-state index contributed by atoms with van der Waals surface area (Å²) in [5.74, 6) is -1.14. The van der Waals surface area contributed by atoms with Crippen molar-refractivity contribution in [3.63, 3.8) is 0 Å². The van der Waals surface area contributed by atoms with Crippen molar-refractivity contribution in [1.82, 2.24) is 0 Å². The van der Waals surface area contributed by atoms with E-state index < -0.39 is 11.6 Å². The van der Waals surface area contributed by atoms with Crippen molar-refractivity contribution >= 4 is 0 Å². The Morgan fingerprint density at radius 2 is 1.71 bits per heavy atom. The van der Waals surface area contributed by atoms with E-state index in [1.807, 2.05) is 0 Å². The van der Waals surface area contributed by atoms with Crippen molar-refractivity contribution in [2.45, 2.75) is 37.2 Å². The molecule has 4 heteroatoms. The zero-order valence-corrected chi connectivity index (χ0v) is 9.63. The topological polar surface area (TPSA) is 46.2 Å². The fourth-order valence-electron chi connectivity index (χ4n) is 2.63. The zero-order valence-electron chi connectivity index (χ0n) is 9.63. The summed E-state index contributed by atoms with van der Waals surface area (Å²) >= 11 is 0. The maximum absolute atomic E-state index is 13.2. The fourth-order valence-corrected chi connectivity index (χ4v) is 2.63. The van der Waals surface area contributed by atoms with Crippen LogP contribution in [0.5, 0.6) is 0 Å². The lowest BCUT2D eigenvalue weighted by molar-refractivity contribution is 0.0973. The molecule has 17 heavy (non-hydrogen) atoms. The molecule has 2 rings (SSSR count). The van der Waals surface area contributed by atoms with E-state index in [-0.39, 0.29) is 11.5 Å². The molecule has 0 radical (unpaired) electrons. The first-order chi connectivity index (χ1) is 8.05. The molecule has 0 spiro atoms. The van der Waals surface area contributed by atoms with Crippen LogP contribution < -0.4 is 5.73 Å². The van der Waals surface area contributed by atoms with Gasteiger partial charge in [-0.1, -0.05) is 0 Å². The minimum absolute atomic E-state index is 0.312. The second kappa shape index (κ2) is 4.70. The Balaban J connectivity index is 2.34. The van der Waals surface area contributed by atoms with Crippen molar-refractivity contribution in [2.24, 2.45) is 5.73 Å². The smallest absolute Gasteiger partial charge is 0.126 e. The standard InChI is InChI=1S/C13H17F2NO/c14-10-5-9(6-11(15)7-10)13(8-16)3-1-12(17)2-4-13/h5-7,12,17H,1-4,8,16H2. The first-order valence-corrected chi connectivity index (χ1v) is 5.90. The summed E-state index contributed by atoms with van der Waals surface area (Å²) in [4.78, 5) is 0. The number of halogens is 2. The van der Waals surface area contributed by atoms with E-state index in [0.29, 0.717) is 37.8 Å². The Labute approximate surface area is 99.4 Å². The lowest BCUT2D eigenvalue weighted by Crippen LogP contribution is -2.40. The third-order valence-corrected chi connectivity index (χ3v) is 3.78. The summed E-state index contributed by atoms with van der Waals surface area (Å²) < 4.78 is 26.5. The Bertz CT molecular complexity index is 380. The Morgan fingerprint density at radius 3 is 2.18 bits per heavy atom. The average molecular weight is 241 g/mol. The van der Waals surface area contributed by atoms with E-state index >= 15 is 0 Å². The van der Waals surface area contributed by atoms with Gasteiger partial charge in [0.2, 0.25) is 0 Å². The molecule has 1 aliphatic rings. The molecule has 1 aromatic carbocycles. The minimum atomic E-state index is -0.570. The number of benzene rings is 1. The molecule has 0 heterocycles. The van der Waals surface area contributed by atoms with Gasteiger partial charge in [-0.3, -0.25) is 0 Å². The molecule has 1 fully saturated rings. The molecule has 94 valence electrons. The molecule has 2 nitrogen and oxygen atoms in total. The number of hydrogen-bond donors (Lipinski definition) is 2. The van der Waals surface area contributed by atoms with E-state index in [1.54, 1.807) is 0 Å². The molecule has 0 amide bonds. The van der Waals surface area contributed by atoms with E-state index in [2.05, 4.69) is 0 Å². The van der Waals surface area contributed by atoms with E-state index in [4.69, 9.17) is 5.73 Å². The summed E-state index contributed by atoms with van der Waals surface area (Å²) in [5.41, 5.74) is 6.02. The van der Waals surface area contributed by atoms with Crippen LogP contribution in [0.1, 0.15) is 31.2 Å². The molecular formula is C13H17F2NO. The Hall–Kier alpha value is -1.00. The van der Waals surface area contributed by atoms with Gasteiger partial charge in [-0.25, -0.2) is 8.78 Å². The highest BCUT2D eigenvalue weighted by molar-refractivity contribution is 5.28. The molecule has 1 aromatic rings. The van der Waals surface area contributed by atoms with Crippen LogP contribution in [0, 0.1) is 11.6 Å². The highest BCUT2D eigenvalue weighted by atomic mass is 19.1. The number of aliphatic hydroxyl groups is 1. The summed E-state index contributed by atoms with van der Waals surface area (Å²) in [6, 6.07) is 3.58. The van der Waals surface area contributed by atoms with Crippen LogP contribution in [-0.2, 0) is 5.41 Å². The molecule has 0 aliphatic heterocycles. The normalized spacial score (nSPS) is 29.3. The molecule has 0 bridgehead atoms. The first kappa shape index (κ1) is 12.5. The third-order valence-electron chi connectivity index (χ3n) is 3.78. The maximum atomic E-state index is 13.2. The number of nitrogens with two attached hydrogens (primary N) is 1. The molecule has 3 N–H and O–H groups in total. The van der Waals surface area contributed by atoms with Crippen LogP contribution >= 0.6 is 0 Å². The van der Waals surface area contributed by atoms with Gasteiger partial charge in [-0.15, -0.1) is 0 Å². The van der Waals surface area contributed by atoms with E-state index in [9.17, 15) is 13.9 Å². The van der Waals surface area contributed by atoms with E-state index in [1.165, 1.54) is 12.1 Å². The number of aliphatic hydroxyl groups excluding tert-OH is 1. The highest BCUT2D eigenvalue weighted by Crippen LogP contribution is 2.39. The summed E-state index contributed by atoms with van der Waals surface area (Å²) in [6.07, 6.45) is 2.30. The molecule has 0 aromatic heterocycles. The van der Waals surface area contributed by atoms with Crippen molar-refractivity contribution < 1.29 is 13.9 Å². The molecule has 1 aliphatic carbocycles. The Kier molecular flexibility index (Phi) is 3.45. The maximum Gasteiger partial charge on any atom is 0.126 e. The van der Waals surface area contributed by atoms with Crippen molar-refractivity contribution in [3.8, 4) is 0 Å². The fraction of sp³-hybridized carbons (Fsp3) is 0.538. The van der Waals surface area contributed by atoms with Crippen LogP contribution in [0.2, 0.25) is 0 Å². The quantitative estimate of drug-likeness (QED) is 0.833. The largest absolute Gasteiger partial charge is 0.393 e. The van der Waals surface area contributed by atoms with E-state index in [0.717, 1.165) is 6.07 Å². The van der Waals surface area contributed by atoms with Gasteiger partial charge in [0.25, 0.3) is 0 Å². The van der Waals surface area contributed by atoms with Gasteiger partial charge in [-0.05, 0) is 43.4 Å².